The SMILES string of the molecule is CC(C)C[C@H](NS(=O)(=O)c1ccc(OC(F)F)c(Cl)c1)C(=O)O. The van der Waals surface area contributed by atoms with E-state index in [2.05, 4.69) is 9.46 Å². The van der Waals surface area contributed by atoms with Gasteiger partial charge in [-0.15, -0.1) is 0 Å². The molecule has 0 saturated carbocycles. The van der Waals surface area contributed by atoms with Gasteiger partial charge in [0.1, 0.15) is 11.8 Å². The average molecular weight is 372 g/mol. The van der Waals surface area contributed by atoms with Gasteiger partial charge in [-0.1, -0.05) is 25.4 Å². The van der Waals surface area contributed by atoms with Crippen LogP contribution < -0.4 is 9.46 Å². The second kappa shape index (κ2) is 7.89. The van der Waals surface area contributed by atoms with Crippen molar-refractivity contribution < 1.29 is 31.8 Å². The molecule has 0 saturated heterocycles. The molecular formula is C13H16ClF2NO5S. The second-order valence-corrected chi connectivity index (χ2v) is 7.23. The normalized spacial score (nSPS) is 13.3. The van der Waals surface area contributed by atoms with E-state index in [0.29, 0.717) is 0 Å². The van der Waals surface area contributed by atoms with Gasteiger partial charge in [0.05, 0.1) is 9.92 Å². The highest BCUT2D eigenvalue weighted by atomic mass is 35.5. The highest BCUT2D eigenvalue weighted by Crippen LogP contribution is 2.28. The third-order valence-electron chi connectivity index (χ3n) is 2.73. The van der Waals surface area contributed by atoms with Crippen molar-refractivity contribution in [1.29, 1.82) is 0 Å². The first-order valence-electron chi connectivity index (χ1n) is 6.52. The van der Waals surface area contributed by atoms with E-state index in [1.165, 1.54) is 0 Å². The largest absolute Gasteiger partial charge is 0.480 e. The molecule has 1 rings (SSSR count). The highest BCUT2D eigenvalue weighted by molar-refractivity contribution is 7.89. The maximum absolute atomic E-state index is 12.2. The number of carbonyl (C=O) groups is 1. The quantitative estimate of drug-likeness (QED) is 0.733. The van der Waals surface area contributed by atoms with Crippen LogP contribution in [0.4, 0.5) is 8.78 Å². The van der Waals surface area contributed by atoms with Crippen LogP contribution in [0.5, 0.6) is 5.75 Å². The Balaban J connectivity index is 3.03. The number of aliphatic carboxylic acids is 1. The van der Waals surface area contributed by atoms with Crippen LogP contribution >= 0.6 is 11.6 Å². The van der Waals surface area contributed by atoms with Crippen molar-refractivity contribution in [2.75, 3.05) is 0 Å². The van der Waals surface area contributed by atoms with Crippen LogP contribution in [-0.2, 0) is 14.8 Å². The zero-order valence-corrected chi connectivity index (χ0v) is 13.9. The molecule has 0 aliphatic carbocycles. The lowest BCUT2D eigenvalue weighted by Gasteiger charge is -2.17. The maximum atomic E-state index is 12.2. The molecule has 23 heavy (non-hydrogen) atoms. The third-order valence-corrected chi connectivity index (χ3v) is 4.50. The zero-order chi connectivity index (χ0) is 17.8. The van der Waals surface area contributed by atoms with Gasteiger partial charge < -0.3 is 9.84 Å². The molecule has 0 unspecified atom stereocenters. The minimum atomic E-state index is -4.18. The summed E-state index contributed by atoms with van der Waals surface area (Å²) in [5.41, 5.74) is 0. The molecule has 0 radical (unpaired) electrons. The number of benzene rings is 1. The Morgan fingerprint density at radius 2 is 2.00 bits per heavy atom. The van der Waals surface area contributed by atoms with Crippen LogP contribution in [-0.4, -0.2) is 32.1 Å². The van der Waals surface area contributed by atoms with Gasteiger partial charge >= 0.3 is 12.6 Å². The number of nitrogens with one attached hydrogen (secondary N) is 1. The van der Waals surface area contributed by atoms with Gasteiger partial charge in [0.2, 0.25) is 10.0 Å². The minimum absolute atomic E-state index is 0.0517. The summed E-state index contributed by atoms with van der Waals surface area (Å²) in [4.78, 5) is 10.8. The molecule has 0 spiro atoms. The van der Waals surface area contributed by atoms with Crippen LogP contribution in [0.25, 0.3) is 0 Å². The van der Waals surface area contributed by atoms with Crippen molar-refractivity contribution in [2.45, 2.75) is 37.8 Å². The monoisotopic (exact) mass is 371 g/mol. The Hall–Kier alpha value is -1.45. The fourth-order valence-corrected chi connectivity index (χ4v) is 3.28. The van der Waals surface area contributed by atoms with Crippen LogP contribution in [0.15, 0.2) is 23.1 Å². The Kier molecular flexibility index (Phi) is 6.72. The first-order chi connectivity index (χ1) is 10.5. The zero-order valence-electron chi connectivity index (χ0n) is 12.3. The predicted octanol–water partition coefficient (Wildman–Crippen LogP) is 2.72. The van der Waals surface area contributed by atoms with E-state index in [0.717, 1.165) is 18.2 Å². The first-order valence-corrected chi connectivity index (χ1v) is 8.38. The van der Waals surface area contributed by atoms with E-state index in [9.17, 15) is 22.0 Å². The smallest absolute Gasteiger partial charge is 0.387 e. The van der Waals surface area contributed by atoms with Crippen molar-refractivity contribution in [3.8, 4) is 5.75 Å². The van der Waals surface area contributed by atoms with E-state index in [1.54, 1.807) is 13.8 Å². The summed E-state index contributed by atoms with van der Waals surface area (Å²) in [6, 6.07) is 1.58. The number of hydrogen-bond donors (Lipinski definition) is 2. The Morgan fingerprint density at radius 3 is 2.43 bits per heavy atom. The number of alkyl halides is 2. The van der Waals surface area contributed by atoms with E-state index in [1.807, 2.05) is 0 Å². The first kappa shape index (κ1) is 19.6. The lowest BCUT2D eigenvalue weighted by Crippen LogP contribution is -2.41. The van der Waals surface area contributed by atoms with E-state index >= 15 is 0 Å². The summed E-state index contributed by atoms with van der Waals surface area (Å²) >= 11 is 5.70. The molecule has 0 aromatic heterocycles. The topological polar surface area (TPSA) is 92.7 Å². The van der Waals surface area contributed by atoms with Crippen molar-refractivity contribution in [2.24, 2.45) is 5.92 Å². The number of carboxylic acid groups (broad SMARTS) is 1. The number of sulfonamides is 1. The Morgan fingerprint density at radius 1 is 1.39 bits per heavy atom. The minimum Gasteiger partial charge on any atom is -0.480 e. The van der Waals surface area contributed by atoms with E-state index in [-0.39, 0.29) is 28.0 Å². The maximum Gasteiger partial charge on any atom is 0.387 e. The molecule has 1 aromatic rings. The van der Waals surface area contributed by atoms with E-state index < -0.39 is 28.6 Å². The lowest BCUT2D eigenvalue weighted by atomic mass is 10.1. The van der Waals surface area contributed by atoms with Crippen LogP contribution in [0.3, 0.4) is 0 Å². The van der Waals surface area contributed by atoms with Crippen LogP contribution in [0.1, 0.15) is 20.3 Å². The van der Waals surface area contributed by atoms with Crippen molar-refractivity contribution in [3.63, 3.8) is 0 Å². The van der Waals surface area contributed by atoms with Gasteiger partial charge in [0.25, 0.3) is 0 Å². The Bertz CT molecular complexity index is 666. The van der Waals surface area contributed by atoms with Gasteiger partial charge in [0.15, 0.2) is 0 Å². The molecule has 0 bridgehead atoms. The van der Waals surface area contributed by atoms with Gasteiger partial charge in [-0.3, -0.25) is 4.79 Å². The molecule has 1 atom stereocenters. The summed E-state index contributed by atoms with van der Waals surface area (Å²) in [7, 11) is -4.18. The lowest BCUT2D eigenvalue weighted by molar-refractivity contribution is -0.139. The van der Waals surface area contributed by atoms with Crippen molar-refractivity contribution >= 4 is 27.6 Å². The molecule has 6 nitrogen and oxygen atoms in total. The highest BCUT2D eigenvalue weighted by Gasteiger charge is 2.26. The third kappa shape index (κ3) is 5.92. The summed E-state index contributed by atoms with van der Waals surface area (Å²) in [6.45, 7) is 0.394. The fraction of sp³-hybridized carbons (Fsp3) is 0.462. The van der Waals surface area contributed by atoms with Crippen LogP contribution in [0, 0.1) is 5.92 Å². The predicted molar refractivity (Wildman–Crippen MR) is 79.3 cm³/mol. The number of ether oxygens (including phenoxy) is 1. The molecule has 0 aliphatic rings. The van der Waals surface area contributed by atoms with Crippen molar-refractivity contribution in [3.05, 3.63) is 23.2 Å². The number of carboxylic acids is 1. The molecule has 2 N–H and O–H groups in total. The molecule has 0 amide bonds. The molecule has 0 heterocycles. The summed E-state index contributed by atoms with van der Waals surface area (Å²) in [5.74, 6) is -1.74. The molecule has 0 fully saturated rings. The molecule has 0 aliphatic heterocycles. The summed E-state index contributed by atoms with van der Waals surface area (Å²) in [5, 5.41) is 8.74. The van der Waals surface area contributed by atoms with Gasteiger partial charge in [-0.05, 0) is 30.5 Å². The molecule has 130 valence electrons. The van der Waals surface area contributed by atoms with Gasteiger partial charge in [-0.2, -0.15) is 13.5 Å². The van der Waals surface area contributed by atoms with Crippen LogP contribution in [0.2, 0.25) is 5.02 Å². The Labute approximate surface area is 137 Å². The fourth-order valence-electron chi connectivity index (χ4n) is 1.77. The van der Waals surface area contributed by atoms with Crippen molar-refractivity contribution in [1.82, 2.24) is 4.72 Å². The average Bonchev–Trinajstić information content (AvgIpc) is 2.38. The molecule has 10 heteroatoms. The summed E-state index contributed by atoms with van der Waals surface area (Å²) < 4.78 is 54.8. The van der Waals surface area contributed by atoms with Gasteiger partial charge in [0, 0.05) is 0 Å². The molecular weight excluding hydrogens is 356 g/mol. The summed E-state index contributed by atoms with van der Waals surface area (Å²) in [6.07, 6.45) is 0.0921. The second-order valence-electron chi connectivity index (χ2n) is 5.11. The van der Waals surface area contributed by atoms with E-state index in [4.69, 9.17) is 16.7 Å². The standard InChI is InChI=1S/C13H16ClF2NO5S/c1-7(2)5-10(12(18)19)17-23(20,21)8-3-4-11(9(14)6-8)22-13(15)16/h3-4,6-7,10,13,17H,5H2,1-2H3,(H,18,19)/t10-/m0/s1. The number of halogens is 3. The molecule has 1 aromatic carbocycles. The van der Waals surface area contributed by atoms with Gasteiger partial charge in [-0.25, -0.2) is 8.42 Å². The number of rotatable bonds is 8. The number of hydrogen-bond acceptors (Lipinski definition) is 4.